The van der Waals surface area contributed by atoms with Crippen molar-refractivity contribution >= 4 is 11.4 Å². The van der Waals surface area contributed by atoms with E-state index in [2.05, 4.69) is 0 Å². The summed E-state index contributed by atoms with van der Waals surface area (Å²) in [5.41, 5.74) is 0.759. The maximum absolute atomic E-state index is 10.8. The molecular weight excluding hydrogens is 236 g/mol. The maximum atomic E-state index is 10.8. The van der Waals surface area contributed by atoms with Gasteiger partial charge in [0.2, 0.25) is 0 Å². The van der Waals surface area contributed by atoms with Gasteiger partial charge in [-0.15, -0.1) is 0 Å². The lowest BCUT2D eigenvalue weighted by atomic mass is 10.2. The van der Waals surface area contributed by atoms with Crippen molar-refractivity contribution in [2.75, 3.05) is 31.7 Å². The molecule has 1 aromatic carbocycles. The second-order valence-corrected chi connectivity index (χ2v) is 3.82. The molecule has 0 radical (unpaired) electrons. The smallest absolute Gasteiger partial charge is 0.311 e. The van der Waals surface area contributed by atoms with E-state index < -0.39 is 4.92 Å². The summed E-state index contributed by atoms with van der Waals surface area (Å²) in [4.78, 5) is 12.3. The number of aliphatic hydroxyl groups excluding tert-OH is 1. The van der Waals surface area contributed by atoms with Gasteiger partial charge in [-0.2, -0.15) is 0 Å². The molecule has 0 aliphatic heterocycles. The first-order chi connectivity index (χ1) is 8.63. The Morgan fingerprint density at radius 1 is 1.44 bits per heavy atom. The van der Waals surface area contributed by atoms with Gasteiger partial charge in [0.1, 0.15) is 0 Å². The van der Waals surface area contributed by atoms with Gasteiger partial charge < -0.3 is 14.7 Å². The minimum atomic E-state index is -0.473. The number of anilines is 1. The van der Waals surface area contributed by atoms with Crippen molar-refractivity contribution in [3.63, 3.8) is 0 Å². The van der Waals surface area contributed by atoms with Crippen LogP contribution >= 0.6 is 0 Å². The van der Waals surface area contributed by atoms with Crippen molar-refractivity contribution in [1.82, 2.24) is 0 Å². The van der Waals surface area contributed by atoms with Crippen molar-refractivity contribution in [3.05, 3.63) is 28.3 Å². The molecule has 0 heterocycles. The number of benzene rings is 1. The van der Waals surface area contributed by atoms with Crippen LogP contribution in [0.3, 0.4) is 0 Å². The molecule has 0 amide bonds. The van der Waals surface area contributed by atoms with Gasteiger partial charge in [-0.05, 0) is 12.5 Å². The average molecular weight is 254 g/mol. The molecule has 0 bridgehead atoms. The number of nitrogens with zero attached hydrogens (tertiary/aromatic N) is 2. The topological polar surface area (TPSA) is 75.8 Å². The van der Waals surface area contributed by atoms with E-state index in [4.69, 9.17) is 9.84 Å². The lowest BCUT2D eigenvalue weighted by Crippen LogP contribution is -2.27. The standard InChI is InChI=1S/C12H18N2O4/c1-3-6-13(7-8-15)10-4-5-11(14(16)17)12(9-10)18-2/h4-5,9,15H,3,6-8H2,1-2H3. The van der Waals surface area contributed by atoms with Crippen LogP contribution in [0.5, 0.6) is 5.75 Å². The first-order valence-corrected chi connectivity index (χ1v) is 5.82. The summed E-state index contributed by atoms with van der Waals surface area (Å²) < 4.78 is 5.02. The number of hydrogen-bond acceptors (Lipinski definition) is 5. The lowest BCUT2D eigenvalue weighted by molar-refractivity contribution is -0.385. The third-order valence-electron chi connectivity index (χ3n) is 2.59. The van der Waals surface area contributed by atoms with Crippen LogP contribution in [-0.4, -0.2) is 36.8 Å². The zero-order valence-electron chi connectivity index (χ0n) is 10.6. The van der Waals surface area contributed by atoms with Crippen LogP contribution in [0, 0.1) is 10.1 Å². The monoisotopic (exact) mass is 254 g/mol. The summed E-state index contributed by atoms with van der Waals surface area (Å²) in [5.74, 6) is 0.233. The Bertz CT molecular complexity index is 403. The Labute approximate surface area is 106 Å². The van der Waals surface area contributed by atoms with Gasteiger partial charge in [0, 0.05) is 30.9 Å². The maximum Gasteiger partial charge on any atom is 0.311 e. The van der Waals surface area contributed by atoms with Crippen LogP contribution in [0.25, 0.3) is 0 Å². The normalized spacial score (nSPS) is 10.2. The highest BCUT2D eigenvalue weighted by Crippen LogP contribution is 2.31. The average Bonchev–Trinajstić information content (AvgIpc) is 2.37. The van der Waals surface area contributed by atoms with Crippen molar-refractivity contribution in [1.29, 1.82) is 0 Å². The second kappa shape index (κ2) is 6.80. The summed E-state index contributed by atoms with van der Waals surface area (Å²) in [7, 11) is 1.41. The Morgan fingerprint density at radius 2 is 2.17 bits per heavy atom. The molecule has 1 rings (SSSR count). The molecule has 0 unspecified atom stereocenters. The van der Waals surface area contributed by atoms with Crippen LogP contribution in [0.2, 0.25) is 0 Å². The molecule has 1 aromatic rings. The predicted molar refractivity (Wildman–Crippen MR) is 69.2 cm³/mol. The number of rotatable bonds is 7. The van der Waals surface area contributed by atoms with Gasteiger partial charge in [0.25, 0.3) is 0 Å². The number of ether oxygens (including phenoxy) is 1. The van der Waals surface area contributed by atoms with Crippen LogP contribution in [0.15, 0.2) is 18.2 Å². The van der Waals surface area contributed by atoms with Gasteiger partial charge in [-0.3, -0.25) is 10.1 Å². The molecule has 0 saturated heterocycles. The van der Waals surface area contributed by atoms with E-state index in [0.717, 1.165) is 18.7 Å². The zero-order valence-corrected chi connectivity index (χ0v) is 10.6. The molecule has 0 atom stereocenters. The Kier molecular flexibility index (Phi) is 5.38. The van der Waals surface area contributed by atoms with E-state index in [0.29, 0.717) is 6.54 Å². The van der Waals surface area contributed by atoms with Crippen LogP contribution in [-0.2, 0) is 0 Å². The lowest BCUT2D eigenvalue weighted by Gasteiger charge is -2.23. The highest BCUT2D eigenvalue weighted by molar-refractivity contribution is 5.59. The number of nitro groups is 1. The van der Waals surface area contributed by atoms with Crippen LogP contribution < -0.4 is 9.64 Å². The number of aliphatic hydroxyl groups is 1. The minimum absolute atomic E-state index is 0.0410. The van der Waals surface area contributed by atoms with Gasteiger partial charge in [-0.1, -0.05) is 6.92 Å². The Morgan fingerprint density at radius 3 is 2.67 bits per heavy atom. The van der Waals surface area contributed by atoms with E-state index >= 15 is 0 Å². The molecule has 0 aromatic heterocycles. The van der Waals surface area contributed by atoms with Crippen LogP contribution in [0.1, 0.15) is 13.3 Å². The van der Waals surface area contributed by atoms with Gasteiger partial charge >= 0.3 is 5.69 Å². The first-order valence-electron chi connectivity index (χ1n) is 5.82. The van der Waals surface area contributed by atoms with Gasteiger partial charge in [0.05, 0.1) is 18.6 Å². The fourth-order valence-electron chi connectivity index (χ4n) is 1.77. The van der Waals surface area contributed by atoms with E-state index in [-0.39, 0.29) is 18.0 Å². The van der Waals surface area contributed by atoms with Gasteiger partial charge in [0.15, 0.2) is 5.75 Å². The van der Waals surface area contributed by atoms with Crippen molar-refractivity contribution < 1.29 is 14.8 Å². The third-order valence-corrected chi connectivity index (χ3v) is 2.59. The summed E-state index contributed by atoms with van der Waals surface area (Å²) in [5, 5.41) is 19.8. The molecule has 0 spiro atoms. The largest absolute Gasteiger partial charge is 0.490 e. The summed E-state index contributed by atoms with van der Waals surface area (Å²) >= 11 is 0. The van der Waals surface area contributed by atoms with Crippen molar-refractivity contribution in [2.45, 2.75) is 13.3 Å². The minimum Gasteiger partial charge on any atom is -0.490 e. The quantitative estimate of drug-likeness (QED) is 0.593. The van der Waals surface area contributed by atoms with Crippen molar-refractivity contribution in [2.24, 2.45) is 0 Å². The molecule has 0 fully saturated rings. The summed E-state index contributed by atoms with van der Waals surface area (Å²) in [6, 6.07) is 4.73. The van der Waals surface area contributed by atoms with E-state index in [1.54, 1.807) is 12.1 Å². The third kappa shape index (κ3) is 3.33. The molecule has 18 heavy (non-hydrogen) atoms. The highest BCUT2D eigenvalue weighted by Gasteiger charge is 2.16. The van der Waals surface area contributed by atoms with E-state index in [1.807, 2.05) is 11.8 Å². The second-order valence-electron chi connectivity index (χ2n) is 3.82. The van der Waals surface area contributed by atoms with E-state index in [9.17, 15) is 10.1 Å². The number of nitro benzene ring substituents is 1. The fraction of sp³-hybridized carbons (Fsp3) is 0.500. The molecule has 0 aliphatic carbocycles. The summed E-state index contributed by atoms with van der Waals surface area (Å²) in [6.07, 6.45) is 0.930. The molecular formula is C12H18N2O4. The predicted octanol–water partition coefficient (Wildman–Crippen LogP) is 1.81. The SMILES string of the molecule is CCCN(CCO)c1ccc([N+](=O)[O-])c(OC)c1. The molecule has 6 heteroatoms. The number of methoxy groups -OCH3 is 1. The first kappa shape index (κ1) is 14.2. The van der Waals surface area contributed by atoms with Crippen LogP contribution in [0.4, 0.5) is 11.4 Å². The highest BCUT2D eigenvalue weighted by atomic mass is 16.6. The Hall–Kier alpha value is -1.82. The molecule has 0 aliphatic rings. The van der Waals surface area contributed by atoms with E-state index in [1.165, 1.54) is 13.2 Å². The Balaban J connectivity index is 3.05. The molecule has 100 valence electrons. The molecule has 0 saturated carbocycles. The zero-order chi connectivity index (χ0) is 13.5. The molecule has 6 nitrogen and oxygen atoms in total. The summed E-state index contributed by atoms with van der Waals surface area (Å²) in [6.45, 7) is 3.35. The van der Waals surface area contributed by atoms with Gasteiger partial charge in [-0.25, -0.2) is 0 Å². The number of hydrogen-bond donors (Lipinski definition) is 1. The molecule has 1 N–H and O–H groups in total. The van der Waals surface area contributed by atoms with Crippen molar-refractivity contribution in [3.8, 4) is 5.75 Å². The fourth-order valence-corrected chi connectivity index (χ4v) is 1.77.